The number of nitrogens with zero attached hydrogens (tertiary/aromatic N) is 2. The Morgan fingerprint density at radius 2 is 1.58 bits per heavy atom. The number of nitrogens with one attached hydrogen (secondary N) is 2. The first-order chi connectivity index (χ1) is 17.5. The Hall–Kier alpha value is -4.17. The maximum absolute atomic E-state index is 12.9. The third-order valence-electron chi connectivity index (χ3n) is 6.23. The lowest BCUT2D eigenvalue weighted by atomic mass is 10.1. The summed E-state index contributed by atoms with van der Waals surface area (Å²) in [6.07, 6.45) is 0. The number of furan rings is 1. The number of carbonyl (C=O) groups excluding carboxylic acids is 2. The number of carbonyl (C=O) groups is 2. The van der Waals surface area contributed by atoms with E-state index in [0.29, 0.717) is 24.4 Å². The van der Waals surface area contributed by atoms with E-state index in [9.17, 15) is 9.59 Å². The average Bonchev–Trinajstić information content (AvgIpc) is 3.33. The monoisotopic (exact) mass is 498 g/mol. The summed E-state index contributed by atoms with van der Waals surface area (Å²) < 4.78 is 5.74. The molecule has 0 spiro atoms. The van der Waals surface area contributed by atoms with Crippen molar-refractivity contribution in [2.24, 2.45) is 0 Å². The summed E-state index contributed by atoms with van der Waals surface area (Å²) in [6.45, 7) is 4.66. The molecule has 1 fully saturated rings. The molecular weight excluding hydrogens is 472 g/mol. The molecule has 1 aliphatic rings. The topological polar surface area (TPSA) is 77.8 Å². The predicted molar refractivity (Wildman–Crippen MR) is 146 cm³/mol. The zero-order valence-corrected chi connectivity index (χ0v) is 20.7. The molecule has 0 saturated carbocycles. The van der Waals surface area contributed by atoms with Crippen molar-refractivity contribution in [3.05, 3.63) is 95.7 Å². The van der Waals surface area contributed by atoms with E-state index in [-0.39, 0.29) is 16.9 Å². The van der Waals surface area contributed by atoms with Gasteiger partial charge in [0.15, 0.2) is 10.9 Å². The van der Waals surface area contributed by atoms with Crippen LogP contribution in [0.4, 0.5) is 11.4 Å². The summed E-state index contributed by atoms with van der Waals surface area (Å²) in [4.78, 5) is 29.3. The molecule has 0 aliphatic carbocycles. The van der Waals surface area contributed by atoms with Gasteiger partial charge in [-0.15, -0.1) is 0 Å². The summed E-state index contributed by atoms with van der Waals surface area (Å²) in [6, 6.07) is 24.6. The van der Waals surface area contributed by atoms with Gasteiger partial charge in [0.25, 0.3) is 11.8 Å². The van der Waals surface area contributed by atoms with E-state index in [1.807, 2.05) is 78.6 Å². The molecular formula is C28H26N4O3S. The van der Waals surface area contributed by atoms with Crippen molar-refractivity contribution in [3.8, 4) is 0 Å². The lowest BCUT2D eigenvalue weighted by Crippen LogP contribution is -2.48. The Bertz CT molecular complexity index is 1370. The molecule has 8 heteroatoms. The lowest BCUT2D eigenvalue weighted by molar-refractivity contribution is 0.0717. The first-order valence-electron chi connectivity index (χ1n) is 11.8. The van der Waals surface area contributed by atoms with E-state index >= 15 is 0 Å². The van der Waals surface area contributed by atoms with Crippen LogP contribution in [0.2, 0.25) is 0 Å². The van der Waals surface area contributed by atoms with Crippen molar-refractivity contribution in [1.82, 2.24) is 10.2 Å². The van der Waals surface area contributed by atoms with E-state index in [1.165, 1.54) is 0 Å². The van der Waals surface area contributed by atoms with Crippen LogP contribution in [0, 0.1) is 6.92 Å². The zero-order chi connectivity index (χ0) is 25.1. The number of thiocarbonyl (C=S) groups is 1. The van der Waals surface area contributed by atoms with Crippen molar-refractivity contribution in [2.75, 3.05) is 36.4 Å². The van der Waals surface area contributed by atoms with Crippen LogP contribution in [0.1, 0.15) is 26.5 Å². The summed E-state index contributed by atoms with van der Waals surface area (Å²) in [5, 5.41) is 6.93. The Morgan fingerprint density at radius 3 is 2.28 bits per heavy atom. The second-order valence-corrected chi connectivity index (χ2v) is 9.16. The highest BCUT2D eigenvalue weighted by atomic mass is 32.1. The number of hydrogen-bond acceptors (Lipinski definition) is 5. The minimum absolute atomic E-state index is 0.0772. The van der Waals surface area contributed by atoms with Crippen molar-refractivity contribution in [1.29, 1.82) is 0 Å². The minimum atomic E-state index is -0.251. The van der Waals surface area contributed by atoms with Crippen LogP contribution in [-0.4, -0.2) is 48.0 Å². The molecule has 0 bridgehead atoms. The average molecular weight is 499 g/mol. The number of para-hydroxylation sites is 1. The molecule has 2 amide bonds. The normalized spacial score (nSPS) is 13.5. The molecule has 0 radical (unpaired) electrons. The molecule has 2 N–H and O–H groups in total. The number of fused-ring (bicyclic) bond motifs is 1. The molecule has 4 aromatic rings. The van der Waals surface area contributed by atoms with Crippen LogP contribution in [0.3, 0.4) is 0 Å². The molecule has 2 heterocycles. The fourth-order valence-electron chi connectivity index (χ4n) is 4.21. The van der Waals surface area contributed by atoms with Crippen LogP contribution in [0.25, 0.3) is 11.0 Å². The number of aryl methyl sites for hydroxylation is 1. The van der Waals surface area contributed by atoms with Gasteiger partial charge in [-0.2, -0.15) is 0 Å². The quantitative estimate of drug-likeness (QED) is 0.393. The third-order valence-corrected chi connectivity index (χ3v) is 6.44. The second-order valence-electron chi connectivity index (χ2n) is 8.75. The van der Waals surface area contributed by atoms with Crippen molar-refractivity contribution in [2.45, 2.75) is 6.92 Å². The van der Waals surface area contributed by atoms with Gasteiger partial charge in [-0.05, 0) is 67.7 Å². The summed E-state index contributed by atoms with van der Waals surface area (Å²) in [5.41, 5.74) is 4.21. The molecule has 0 unspecified atom stereocenters. The molecule has 182 valence electrons. The van der Waals surface area contributed by atoms with Crippen LogP contribution >= 0.6 is 12.2 Å². The highest BCUT2D eigenvalue weighted by Gasteiger charge is 2.24. The smallest absolute Gasteiger partial charge is 0.289 e. The highest BCUT2D eigenvalue weighted by Crippen LogP contribution is 2.23. The van der Waals surface area contributed by atoms with E-state index in [1.54, 1.807) is 12.1 Å². The largest absolute Gasteiger partial charge is 0.451 e. The molecule has 1 aromatic heterocycles. The molecule has 0 atom stereocenters. The van der Waals surface area contributed by atoms with Crippen LogP contribution in [0.5, 0.6) is 0 Å². The van der Waals surface area contributed by atoms with Crippen LogP contribution < -0.4 is 15.5 Å². The van der Waals surface area contributed by atoms with Gasteiger partial charge in [0, 0.05) is 48.5 Å². The first-order valence-corrected chi connectivity index (χ1v) is 12.2. The zero-order valence-electron chi connectivity index (χ0n) is 19.9. The number of hydrogen-bond donors (Lipinski definition) is 2. The van der Waals surface area contributed by atoms with Crippen LogP contribution in [-0.2, 0) is 0 Å². The SMILES string of the molecule is Cc1ccc(C(=O)NC(=S)Nc2ccc(N3CCN(C(=O)c4cc5ccccc5o4)CC3)cc2)cc1. The van der Waals surface area contributed by atoms with E-state index < -0.39 is 0 Å². The number of amides is 2. The summed E-state index contributed by atoms with van der Waals surface area (Å²) in [5.74, 6) is 0.0521. The third kappa shape index (κ3) is 5.23. The number of piperazine rings is 1. The summed E-state index contributed by atoms with van der Waals surface area (Å²) in [7, 11) is 0. The van der Waals surface area contributed by atoms with Gasteiger partial charge in [0.1, 0.15) is 5.58 Å². The van der Waals surface area contributed by atoms with Gasteiger partial charge in [0.2, 0.25) is 0 Å². The van der Waals surface area contributed by atoms with Crippen molar-refractivity contribution >= 4 is 51.5 Å². The van der Waals surface area contributed by atoms with Gasteiger partial charge in [-0.1, -0.05) is 35.9 Å². The fraction of sp³-hybridized carbons (Fsp3) is 0.179. The molecule has 3 aromatic carbocycles. The van der Waals surface area contributed by atoms with Gasteiger partial charge in [0.05, 0.1) is 0 Å². The predicted octanol–water partition coefficient (Wildman–Crippen LogP) is 4.83. The maximum atomic E-state index is 12.9. The lowest BCUT2D eigenvalue weighted by Gasteiger charge is -2.35. The Labute approximate surface area is 214 Å². The Kier molecular flexibility index (Phi) is 6.69. The second kappa shape index (κ2) is 10.2. The van der Waals surface area contributed by atoms with E-state index in [4.69, 9.17) is 16.6 Å². The molecule has 36 heavy (non-hydrogen) atoms. The highest BCUT2D eigenvalue weighted by molar-refractivity contribution is 7.80. The molecule has 7 nitrogen and oxygen atoms in total. The van der Waals surface area contributed by atoms with Crippen LogP contribution in [0.15, 0.2) is 83.3 Å². The van der Waals surface area contributed by atoms with Gasteiger partial charge >= 0.3 is 0 Å². The standard InChI is InChI=1S/C28H26N4O3S/c1-19-6-8-20(9-7-19)26(33)30-28(36)29-22-10-12-23(13-11-22)31-14-16-32(17-15-31)27(34)25-18-21-4-2-3-5-24(21)35-25/h2-13,18H,14-17H2,1H3,(H2,29,30,33,36). The Balaban J connectivity index is 1.13. The minimum Gasteiger partial charge on any atom is -0.451 e. The van der Waals surface area contributed by atoms with Gasteiger partial charge < -0.3 is 19.5 Å². The number of benzene rings is 3. The van der Waals surface area contributed by atoms with E-state index in [0.717, 1.165) is 41.0 Å². The number of anilines is 2. The fourth-order valence-corrected chi connectivity index (χ4v) is 4.42. The van der Waals surface area contributed by atoms with E-state index in [2.05, 4.69) is 15.5 Å². The van der Waals surface area contributed by atoms with Crippen molar-refractivity contribution < 1.29 is 14.0 Å². The molecule has 1 aliphatic heterocycles. The first kappa shape index (κ1) is 23.6. The number of rotatable bonds is 4. The van der Waals surface area contributed by atoms with Gasteiger partial charge in [-0.25, -0.2) is 0 Å². The summed E-state index contributed by atoms with van der Waals surface area (Å²) >= 11 is 5.30. The van der Waals surface area contributed by atoms with Gasteiger partial charge in [-0.3, -0.25) is 14.9 Å². The Morgan fingerprint density at radius 1 is 0.889 bits per heavy atom. The molecule has 1 saturated heterocycles. The maximum Gasteiger partial charge on any atom is 0.289 e. The van der Waals surface area contributed by atoms with Crippen molar-refractivity contribution in [3.63, 3.8) is 0 Å². The molecule has 5 rings (SSSR count).